The number of nitrogen functional groups attached to an aromatic ring is 1. The molecule has 0 amide bonds. The van der Waals surface area contributed by atoms with Crippen molar-refractivity contribution in [3.63, 3.8) is 0 Å². The van der Waals surface area contributed by atoms with Crippen LogP contribution in [-0.2, 0) is 6.18 Å². The number of hydrogen-bond acceptors (Lipinski definition) is 2. The van der Waals surface area contributed by atoms with Crippen molar-refractivity contribution in [2.45, 2.75) is 6.18 Å². The van der Waals surface area contributed by atoms with Gasteiger partial charge in [-0.3, -0.25) is 0 Å². The second-order valence-electron chi connectivity index (χ2n) is 2.72. The Balaban J connectivity index is 3.43. The molecule has 1 rings (SSSR count). The van der Waals surface area contributed by atoms with Gasteiger partial charge in [-0.2, -0.15) is 13.2 Å². The Bertz CT molecular complexity index is 417. The summed E-state index contributed by atoms with van der Waals surface area (Å²) in [6, 6.07) is 1.19. The summed E-state index contributed by atoms with van der Waals surface area (Å²) in [6.07, 6.45) is -4.70. The van der Waals surface area contributed by atoms with Gasteiger partial charge in [0.25, 0.3) is 0 Å². The zero-order chi connectivity index (χ0) is 11.8. The predicted octanol–water partition coefficient (Wildman–Crippen LogP) is 2.64. The Morgan fingerprint density at radius 2 is 1.93 bits per heavy atom. The van der Waals surface area contributed by atoms with Crippen LogP contribution in [0.1, 0.15) is 15.9 Å². The first-order chi connectivity index (χ1) is 6.73. The lowest BCUT2D eigenvalue weighted by Gasteiger charge is -2.11. The number of benzene rings is 1. The average molecular weight is 240 g/mol. The van der Waals surface area contributed by atoms with E-state index in [9.17, 15) is 18.0 Å². The normalized spacial score (nSPS) is 11.5. The van der Waals surface area contributed by atoms with Crippen LogP contribution in [0.15, 0.2) is 12.1 Å². The Morgan fingerprint density at radius 3 is 2.33 bits per heavy atom. The smallest absolute Gasteiger partial charge is 0.418 e. The first kappa shape index (κ1) is 11.6. The molecule has 0 heterocycles. The lowest BCUT2D eigenvalue weighted by Crippen LogP contribution is -2.11. The Morgan fingerprint density at radius 1 is 1.40 bits per heavy atom. The van der Waals surface area contributed by atoms with Crippen molar-refractivity contribution < 1.29 is 23.1 Å². The topological polar surface area (TPSA) is 63.3 Å². The molecule has 0 aliphatic carbocycles. The van der Waals surface area contributed by atoms with Gasteiger partial charge < -0.3 is 10.8 Å². The van der Waals surface area contributed by atoms with E-state index < -0.39 is 29.0 Å². The standard InChI is InChI=1S/C8H5ClF3NO2/c9-5-2-6(13)4(8(10,11)12)1-3(5)7(14)15/h1-2H,13H2,(H,14,15). The lowest BCUT2D eigenvalue weighted by atomic mass is 10.1. The fourth-order valence-corrected chi connectivity index (χ4v) is 1.25. The Kier molecular flexibility index (Phi) is 2.81. The fraction of sp³-hybridized carbons (Fsp3) is 0.125. The number of nitrogens with two attached hydrogens (primary N) is 1. The van der Waals surface area contributed by atoms with E-state index in [1.807, 2.05) is 0 Å². The molecule has 82 valence electrons. The van der Waals surface area contributed by atoms with Crippen molar-refractivity contribution in [2.75, 3.05) is 5.73 Å². The molecule has 0 atom stereocenters. The van der Waals surface area contributed by atoms with Gasteiger partial charge in [0, 0.05) is 5.69 Å². The maximum absolute atomic E-state index is 12.3. The zero-order valence-electron chi connectivity index (χ0n) is 7.10. The van der Waals surface area contributed by atoms with Crippen molar-refractivity contribution in [3.8, 4) is 0 Å². The summed E-state index contributed by atoms with van der Waals surface area (Å²) in [5.41, 5.74) is 2.65. The van der Waals surface area contributed by atoms with Gasteiger partial charge in [-0.1, -0.05) is 11.6 Å². The average Bonchev–Trinajstić information content (AvgIpc) is 2.00. The first-order valence-electron chi connectivity index (χ1n) is 3.63. The summed E-state index contributed by atoms with van der Waals surface area (Å²) in [4.78, 5) is 10.5. The van der Waals surface area contributed by atoms with Gasteiger partial charge in [0.05, 0.1) is 16.1 Å². The molecule has 0 aliphatic rings. The van der Waals surface area contributed by atoms with E-state index in [4.69, 9.17) is 22.4 Å². The van der Waals surface area contributed by atoms with E-state index in [2.05, 4.69) is 0 Å². The summed E-state index contributed by atoms with van der Waals surface area (Å²) in [6.45, 7) is 0. The third-order valence-electron chi connectivity index (χ3n) is 1.68. The van der Waals surface area contributed by atoms with E-state index in [1.165, 1.54) is 0 Å². The van der Waals surface area contributed by atoms with Gasteiger partial charge in [-0.25, -0.2) is 4.79 Å². The molecule has 0 aromatic heterocycles. The summed E-state index contributed by atoms with van der Waals surface area (Å²) in [5.74, 6) is -1.54. The second kappa shape index (κ2) is 3.62. The Labute approximate surface area is 87.3 Å². The molecule has 1 aromatic rings. The number of carboxylic acids is 1. The third kappa shape index (κ3) is 2.33. The van der Waals surface area contributed by atoms with E-state index in [1.54, 1.807) is 0 Å². The van der Waals surface area contributed by atoms with Gasteiger partial charge in [0.15, 0.2) is 0 Å². The van der Waals surface area contributed by atoms with Crippen LogP contribution >= 0.6 is 11.6 Å². The van der Waals surface area contributed by atoms with Gasteiger partial charge >= 0.3 is 12.1 Å². The lowest BCUT2D eigenvalue weighted by molar-refractivity contribution is -0.136. The molecule has 0 spiro atoms. The number of alkyl halides is 3. The van der Waals surface area contributed by atoms with Crippen LogP contribution in [0.2, 0.25) is 5.02 Å². The van der Waals surface area contributed by atoms with E-state index in [-0.39, 0.29) is 5.02 Å². The van der Waals surface area contributed by atoms with Crippen LogP contribution in [0, 0.1) is 0 Å². The molecule has 3 N–H and O–H groups in total. The molecular formula is C8H5ClF3NO2. The number of carbonyl (C=O) groups is 1. The van der Waals surface area contributed by atoms with Crippen LogP contribution in [0.5, 0.6) is 0 Å². The van der Waals surface area contributed by atoms with Crippen LogP contribution < -0.4 is 5.73 Å². The number of rotatable bonds is 1. The number of hydrogen-bond donors (Lipinski definition) is 2. The largest absolute Gasteiger partial charge is 0.478 e. The summed E-state index contributed by atoms with van der Waals surface area (Å²) < 4.78 is 36.9. The first-order valence-corrected chi connectivity index (χ1v) is 4.01. The minimum Gasteiger partial charge on any atom is -0.478 e. The molecule has 0 unspecified atom stereocenters. The van der Waals surface area contributed by atoms with Crippen LogP contribution in [0.25, 0.3) is 0 Å². The molecule has 0 saturated heterocycles. The number of halogens is 4. The molecule has 0 fully saturated rings. The minimum absolute atomic E-state index is 0.326. The molecule has 0 radical (unpaired) electrons. The van der Waals surface area contributed by atoms with E-state index in [0.29, 0.717) is 6.07 Å². The third-order valence-corrected chi connectivity index (χ3v) is 1.99. The quantitative estimate of drug-likeness (QED) is 0.741. The zero-order valence-corrected chi connectivity index (χ0v) is 7.86. The van der Waals surface area contributed by atoms with Gasteiger partial charge in [-0.05, 0) is 12.1 Å². The number of anilines is 1. The van der Waals surface area contributed by atoms with Crippen LogP contribution in [-0.4, -0.2) is 11.1 Å². The molecule has 15 heavy (non-hydrogen) atoms. The van der Waals surface area contributed by atoms with E-state index in [0.717, 1.165) is 6.07 Å². The molecule has 0 bridgehead atoms. The van der Waals surface area contributed by atoms with E-state index >= 15 is 0 Å². The highest BCUT2D eigenvalue weighted by molar-refractivity contribution is 6.33. The number of carboxylic acid groups (broad SMARTS) is 1. The SMILES string of the molecule is Nc1cc(Cl)c(C(=O)O)cc1C(F)(F)F. The highest BCUT2D eigenvalue weighted by Crippen LogP contribution is 2.36. The van der Waals surface area contributed by atoms with Crippen molar-refractivity contribution in [1.82, 2.24) is 0 Å². The van der Waals surface area contributed by atoms with Crippen LogP contribution in [0.4, 0.5) is 18.9 Å². The van der Waals surface area contributed by atoms with Gasteiger partial charge in [0.1, 0.15) is 0 Å². The maximum Gasteiger partial charge on any atom is 0.418 e. The Hall–Kier alpha value is -1.43. The molecule has 7 heteroatoms. The minimum atomic E-state index is -4.70. The summed E-state index contributed by atoms with van der Waals surface area (Å²) in [5, 5.41) is 8.23. The predicted molar refractivity (Wildman–Crippen MR) is 47.8 cm³/mol. The molecular weight excluding hydrogens is 235 g/mol. The number of aromatic carboxylic acids is 1. The maximum atomic E-state index is 12.3. The summed E-state index contributed by atoms with van der Waals surface area (Å²) >= 11 is 5.42. The van der Waals surface area contributed by atoms with Crippen molar-refractivity contribution >= 4 is 23.3 Å². The molecule has 0 aliphatic heterocycles. The monoisotopic (exact) mass is 239 g/mol. The van der Waals surface area contributed by atoms with Gasteiger partial charge in [-0.15, -0.1) is 0 Å². The van der Waals surface area contributed by atoms with Crippen LogP contribution in [0.3, 0.4) is 0 Å². The molecule has 1 aromatic carbocycles. The molecule has 0 saturated carbocycles. The summed E-state index contributed by atoms with van der Waals surface area (Å²) in [7, 11) is 0. The van der Waals surface area contributed by atoms with Gasteiger partial charge in [0.2, 0.25) is 0 Å². The highest BCUT2D eigenvalue weighted by atomic mass is 35.5. The van der Waals surface area contributed by atoms with Crippen molar-refractivity contribution in [2.24, 2.45) is 0 Å². The fourth-order valence-electron chi connectivity index (χ4n) is 0.998. The second-order valence-corrected chi connectivity index (χ2v) is 3.13. The van der Waals surface area contributed by atoms with Crippen molar-refractivity contribution in [3.05, 3.63) is 28.3 Å². The molecule has 3 nitrogen and oxygen atoms in total. The van der Waals surface area contributed by atoms with Crippen molar-refractivity contribution in [1.29, 1.82) is 0 Å². The highest BCUT2D eigenvalue weighted by Gasteiger charge is 2.34.